The Kier molecular flexibility index (Phi) is 7.87. The van der Waals surface area contributed by atoms with E-state index in [9.17, 15) is 10.1 Å². The van der Waals surface area contributed by atoms with Crippen LogP contribution in [0.5, 0.6) is 5.75 Å². The van der Waals surface area contributed by atoms with E-state index in [1.165, 1.54) is 12.1 Å². The molecule has 0 radical (unpaired) electrons. The van der Waals surface area contributed by atoms with E-state index in [0.29, 0.717) is 64.0 Å². The molecule has 0 unspecified atom stereocenters. The fraction of sp³-hybridized carbons (Fsp3) is 0.480. The minimum absolute atomic E-state index is 0.0199. The van der Waals surface area contributed by atoms with Gasteiger partial charge in [-0.15, -0.1) is 0 Å². The van der Waals surface area contributed by atoms with Crippen LogP contribution < -0.4 is 10.2 Å². The first kappa shape index (κ1) is 25.8. The molecule has 2 aromatic carbocycles. The number of methoxy groups -OCH3 is 1. The number of non-ortho nitro benzene ring substituents is 1. The summed E-state index contributed by atoms with van der Waals surface area (Å²) < 4.78 is 29.7. The van der Waals surface area contributed by atoms with E-state index in [0.717, 1.165) is 29.3 Å². The molecule has 2 fully saturated rings. The van der Waals surface area contributed by atoms with Crippen molar-refractivity contribution in [1.82, 2.24) is 19.1 Å². The fourth-order valence-electron chi connectivity index (χ4n) is 5.06. The number of hydrogen-bond donors (Lipinski definition) is 0. The van der Waals surface area contributed by atoms with Crippen molar-refractivity contribution >= 4 is 35.1 Å². The van der Waals surface area contributed by atoms with Crippen molar-refractivity contribution in [2.45, 2.75) is 19.9 Å². The van der Waals surface area contributed by atoms with E-state index >= 15 is 0 Å². The Hall–Kier alpha value is -2.82. The Labute approximate surface area is 216 Å². The van der Waals surface area contributed by atoms with Crippen LogP contribution in [0.2, 0.25) is 0 Å². The molecule has 11 nitrogen and oxygen atoms in total. The number of nitro benzene ring substituents is 1. The predicted octanol–water partition coefficient (Wildman–Crippen LogP) is 4.02. The molecule has 0 N–H and O–H groups in total. The molecule has 0 spiro atoms. The summed E-state index contributed by atoms with van der Waals surface area (Å²) in [5, 5.41) is 17.8. The first-order chi connectivity index (χ1) is 18.1. The van der Waals surface area contributed by atoms with Crippen molar-refractivity contribution in [3.63, 3.8) is 0 Å². The van der Waals surface area contributed by atoms with Gasteiger partial charge in [-0.1, -0.05) is 25.1 Å². The zero-order valence-electron chi connectivity index (χ0n) is 21.3. The third-order valence-electron chi connectivity index (χ3n) is 6.72. The highest BCUT2D eigenvalue weighted by Crippen LogP contribution is 2.60. The van der Waals surface area contributed by atoms with Crippen LogP contribution in [0.15, 0.2) is 47.2 Å². The Morgan fingerprint density at radius 1 is 1.05 bits per heavy atom. The first-order valence-electron chi connectivity index (χ1n) is 12.7. The number of rotatable bonds is 8. The molecule has 5 rings (SSSR count). The third-order valence-corrected chi connectivity index (χ3v) is 10.6. The zero-order chi connectivity index (χ0) is 25.8. The molecule has 0 amide bonds. The van der Waals surface area contributed by atoms with Crippen LogP contribution in [-0.4, -0.2) is 83.8 Å². The fourth-order valence-corrected chi connectivity index (χ4v) is 9.16. The van der Waals surface area contributed by atoms with Crippen molar-refractivity contribution in [3.8, 4) is 5.75 Å². The Balaban J connectivity index is 1.89. The maximum absolute atomic E-state index is 11.7. The molecule has 198 valence electrons. The highest BCUT2D eigenvalue weighted by Gasteiger charge is 2.42. The van der Waals surface area contributed by atoms with Gasteiger partial charge in [-0.2, -0.15) is 5.10 Å². The molecule has 3 heterocycles. The number of nitro groups is 1. The van der Waals surface area contributed by atoms with Gasteiger partial charge in [0.1, 0.15) is 16.9 Å². The monoisotopic (exact) mass is 528 g/mol. The van der Waals surface area contributed by atoms with Crippen molar-refractivity contribution in [2.24, 2.45) is 4.74 Å². The third kappa shape index (κ3) is 4.89. The van der Waals surface area contributed by atoms with Crippen LogP contribution in [0, 0.1) is 10.1 Å². The minimum Gasteiger partial charge on any atom is -0.494 e. The number of nitrogens with zero attached hydrogens (tertiary/aromatic N) is 6. The highest BCUT2D eigenvalue weighted by atomic mass is 31.2. The van der Waals surface area contributed by atoms with Crippen LogP contribution >= 0.6 is 7.36 Å². The first-order valence-corrected chi connectivity index (χ1v) is 14.3. The molecule has 3 aromatic rings. The summed E-state index contributed by atoms with van der Waals surface area (Å²) in [5.74, 6) is 0.502. The second-order valence-corrected chi connectivity index (χ2v) is 11.9. The summed E-state index contributed by atoms with van der Waals surface area (Å²) in [5.41, 5.74) is 2.42. The molecule has 2 aliphatic rings. The average molecular weight is 529 g/mol. The van der Waals surface area contributed by atoms with Gasteiger partial charge in [0.15, 0.2) is 7.36 Å². The van der Waals surface area contributed by atoms with Gasteiger partial charge in [-0.3, -0.25) is 14.8 Å². The maximum atomic E-state index is 11.7. The normalized spacial score (nSPS) is 17.7. The molecule has 2 saturated heterocycles. The topological polar surface area (TPSA) is 107 Å². The Morgan fingerprint density at radius 3 is 2.30 bits per heavy atom. The van der Waals surface area contributed by atoms with E-state index in [-0.39, 0.29) is 5.69 Å². The number of morpholine rings is 2. The molecule has 0 aliphatic carbocycles. The SMILES string of the molecule is CCCn1nc2ccccc2c1P(=Nc1cc([N+](=O)[O-])ccc1OC)(N1CCOCC1)N1CCOCC1. The Morgan fingerprint density at radius 2 is 1.70 bits per heavy atom. The van der Waals surface area contributed by atoms with Gasteiger partial charge in [0, 0.05) is 50.2 Å². The summed E-state index contributed by atoms with van der Waals surface area (Å²) in [6.07, 6.45) is 0.910. The maximum Gasteiger partial charge on any atom is 0.271 e. The lowest BCUT2D eigenvalue weighted by atomic mass is 10.2. The molecule has 2 aliphatic heterocycles. The molecule has 0 bridgehead atoms. The zero-order valence-corrected chi connectivity index (χ0v) is 22.2. The molecule has 12 heteroatoms. The lowest BCUT2D eigenvalue weighted by molar-refractivity contribution is -0.384. The minimum atomic E-state index is -2.75. The molecule has 0 atom stereocenters. The molecular weight excluding hydrogens is 495 g/mol. The summed E-state index contributed by atoms with van der Waals surface area (Å²) >= 11 is 0. The quantitative estimate of drug-likeness (QED) is 0.245. The second-order valence-electron chi connectivity index (χ2n) is 8.98. The number of hydrogen-bond acceptors (Lipinski definition) is 7. The largest absolute Gasteiger partial charge is 0.494 e. The average Bonchev–Trinajstić information content (AvgIpc) is 3.31. The number of ether oxygens (including phenoxy) is 3. The van der Waals surface area contributed by atoms with Gasteiger partial charge >= 0.3 is 0 Å². The number of fused-ring (bicyclic) bond motifs is 1. The molecule has 0 saturated carbocycles. The summed E-state index contributed by atoms with van der Waals surface area (Å²) in [6, 6.07) is 12.8. The van der Waals surface area contributed by atoms with Gasteiger partial charge in [0.25, 0.3) is 5.69 Å². The van der Waals surface area contributed by atoms with E-state index in [4.69, 9.17) is 24.1 Å². The Bertz CT molecular complexity index is 1290. The van der Waals surface area contributed by atoms with E-state index < -0.39 is 12.3 Å². The van der Waals surface area contributed by atoms with Crippen molar-refractivity contribution in [2.75, 3.05) is 59.7 Å². The van der Waals surface area contributed by atoms with Crippen molar-refractivity contribution in [1.29, 1.82) is 0 Å². The smallest absolute Gasteiger partial charge is 0.271 e. The van der Waals surface area contributed by atoms with Crippen molar-refractivity contribution in [3.05, 3.63) is 52.6 Å². The van der Waals surface area contributed by atoms with Gasteiger partial charge in [0.05, 0.1) is 44.0 Å². The molecule has 37 heavy (non-hydrogen) atoms. The number of benzene rings is 2. The van der Waals surface area contributed by atoms with Gasteiger partial charge in [-0.25, -0.2) is 14.1 Å². The number of aryl methyl sites for hydroxylation is 1. The van der Waals surface area contributed by atoms with Crippen LogP contribution in [0.3, 0.4) is 0 Å². The summed E-state index contributed by atoms with van der Waals surface area (Å²) in [6.45, 7) is 8.01. The van der Waals surface area contributed by atoms with Crippen LogP contribution in [0.25, 0.3) is 10.9 Å². The predicted molar refractivity (Wildman–Crippen MR) is 143 cm³/mol. The number of aromatic nitrogens is 2. The molecular formula is C25H33N6O5P. The standard InChI is InChI=1S/C25H33N6O5P/c1-3-10-30-25(21-6-4-5-7-22(21)26-30)37(28-11-15-35-16-12-28,29-13-17-36-18-14-29)27-23-19-20(31(32)33)8-9-24(23)34-2/h4-9,19H,3,10-18H2,1-2H3. The van der Waals surface area contributed by atoms with E-state index in [1.807, 2.05) is 18.2 Å². The van der Waals surface area contributed by atoms with E-state index in [1.54, 1.807) is 13.2 Å². The highest BCUT2D eigenvalue weighted by molar-refractivity contribution is 7.69. The molecule has 1 aromatic heterocycles. The van der Waals surface area contributed by atoms with Crippen LogP contribution in [-0.2, 0) is 16.0 Å². The van der Waals surface area contributed by atoms with Gasteiger partial charge in [0.2, 0.25) is 0 Å². The lowest BCUT2D eigenvalue weighted by Crippen LogP contribution is -2.47. The van der Waals surface area contributed by atoms with Crippen LogP contribution in [0.1, 0.15) is 13.3 Å². The van der Waals surface area contributed by atoms with Crippen molar-refractivity contribution < 1.29 is 19.1 Å². The lowest BCUT2D eigenvalue weighted by Gasteiger charge is -2.46. The summed E-state index contributed by atoms with van der Waals surface area (Å²) in [4.78, 5) is 11.3. The van der Waals surface area contributed by atoms with Gasteiger partial charge < -0.3 is 14.2 Å². The summed E-state index contributed by atoms with van der Waals surface area (Å²) in [7, 11) is -1.18. The van der Waals surface area contributed by atoms with Gasteiger partial charge in [-0.05, 0) is 18.6 Å². The van der Waals surface area contributed by atoms with E-state index in [2.05, 4.69) is 27.0 Å². The van der Waals surface area contributed by atoms with Crippen LogP contribution in [0.4, 0.5) is 11.4 Å². The second kappa shape index (κ2) is 11.3.